The lowest BCUT2D eigenvalue weighted by atomic mass is 9.78. The van der Waals surface area contributed by atoms with Crippen LogP contribution in [0.5, 0.6) is 0 Å². The lowest BCUT2D eigenvalue weighted by molar-refractivity contribution is -0.0149. The number of ether oxygens (including phenoxy) is 1. The first-order valence-electron chi connectivity index (χ1n) is 9.00. The molecule has 0 aromatic carbocycles. The highest BCUT2D eigenvalue weighted by Crippen LogP contribution is 2.33. The predicted octanol–water partition coefficient (Wildman–Crippen LogP) is 3.01. The maximum Gasteiger partial charge on any atom is 0.0472 e. The maximum absolute atomic E-state index is 5.64. The molecule has 2 saturated heterocycles. The Balaban J connectivity index is 1.91. The fraction of sp³-hybridized carbons (Fsp3) is 1.00. The van der Waals surface area contributed by atoms with Gasteiger partial charge in [-0.15, -0.1) is 0 Å². The van der Waals surface area contributed by atoms with Crippen molar-refractivity contribution >= 4 is 0 Å². The number of rotatable bonds is 6. The summed E-state index contributed by atoms with van der Waals surface area (Å²) >= 11 is 0. The van der Waals surface area contributed by atoms with E-state index in [1.165, 1.54) is 38.9 Å². The first-order valence-corrected chi connectivity index (χ1v) is 9.00. The zero-order valence-corrected chi connectivity index (χ0v) is 14.7. The van der Waals surface area contributed by atoms with Gasteiger partial charge in [0.1, 0.15) is 0 Å². The summed E-state index contributed by atoms with van der Waals surface area (Å²) in [7, 11) is 0. The molecule has 0 radical (unpaired) electrons. The largest absolute Gasteiger partial charge is 0.381 e. The number of nitrogens with zero attached hydrogens (tertiary/aromatic N) is 1. The molecule has 0 aromatic heterocycles. The van der Waals surface area contributed by atoms with Crippen LogP contribution in [0.15, 0.2) is 0 Å². The summed E-state index contributed by atoms with van der Waals surface area (Å²) in [6, 6.07) is 0. The van der Waals surface area contributed by atoms with Crippen LogP contribution in [-0.2, 0) is 4.74 Å². The van der Waals surface area contributed by atoms with Crippen molar-refractivity contribution in [3.8, 4) is 0 Å². The van der Waals surface area contributed by atoms with Crippen LogP contribution in [0.3, 0.4) is 0 Å². The van der Waals surface area contributed by atoms with Gasteiger partial charge in [-0.1, -0.05) is 27.7 Å². The van der Waals surface area contributed by atoms with E-state index in [1.54, 1.807) is 0 Å². The summed E-state index contributed by atoms with van der Waals surface area (Å²) < 4.78 is 5.64. The van der Waals surface area contributed by atoms with Gasteiger partial charge in [-0.2, -0.15) is 0 Å². The second-order valence-corrected chi connectivity index (χ2v) is 8.28. The molecule has 2 heterocycles. The van der Waals surface area contributed by atoms with Crippen molar-refractivity contribution in [1.82, 2.24) is 10.2 Å². The van der Waals surface area contributed by atoms with Crippen molar-refractivity contribution in [2.75, 3.05) is 45.9 Å². The van der Waals surface area contributed by atoms with E-state index in [0.29, 0.717) is 5.41 Å². The topological polar surface area (TPSA) is 24.5 Å². The normalized spacial score (nSPS) is 30.7. The van der Waals surface area contributed by atoms with Gasteiger partial charge >= 0.3 is 0 Å². The molecule has 0 aliphatic carbocycles. The van der Waals surface area contributed by atoms with E-state index in [9.17, 15) is 0 Å². The van der Waals surface area contributed by atoms with Crippen molar-refractivity contribution in [2.45, 2.75) is 47.0 Å². The van der Waals surface area contributed by atoms with Crippen LogP contribution in [-0.4, -0.2) is 50.8 Å². The van der Waals surface area contributed by atoms with Crippen LogP contribution in [0.25, 0.3) is 0 Å². The molecule has 2 atom stereocenters. The Morgan fingerprint density at radius 2 is 1.76 bits per heavy atom. The van der Waals surface area contributed by atoms with Crippen LogP contribution < -0.4 is 5.32 Å². The molecule has 0 saturated carbocycles. The minimum absolute atomic E-state index is 0.434. The molecule has 0 spiro atoms. The molecule has 2 rings (SSSR count). The summed E-state index contributed by atoms with van der Waals surface area (Å²) in [6.07, 6.45) is 3.84. The summed E-state index contributed by atoms with van der Waals surface area (Å²) in [5.74, 6) is 2.44. The minimum Gasteiger partial charge on any atom is -0.381 e. The number of hydrogen-bond acceptors (Lipinski definition) is 3. The third kappa shape index (κ3) is 5.54. The van der Waals surface area contributed by atoms with Crippen LogP contribution in [0.2, 0.25) is 0 Å². The highest BCUT2D eigenvalue weighted by atomic mass is 16.5. The molecule has 21 heavy (non-hydrogen) atoms. The van der Waals surface area contributed by atoms with Crippen LogP contribution in [0.4, 0.5) is 0 Å². The number of hydrogen-bond donors (Lipinski definition) is 1. The Kier molecular flexibility index (Phi) is 6.51. The molecule has 2 aliphatic heterocycles. The maximum atomic E-state index is 5.64. The van der Waals surface area contributed by atoms with Gasteiger partial charge in [0.15, 0.2) is 0 Å². The smallest absolute Gasteiger partial charge is 0.0472 e. The molecule has 2 aliphatic rings. The molecule has 124 valence electrons. The van der Waals surface area contributed by atoms with Crippen LogP contribution in [0, 0.1) is 23.2 Å². The van der Waals surface area contributed by atoms with E-state index in [4.69, 9.17) is 4.74 Å². The summed E-state index contributed by atoms with van der Waals surface area (Å²) in [5, 5.41) is 3.73. The fourth-order valence-electron chi connectivity index (χ4n) is 4.22. The SMILES string of the molecule is CC(C)CNCC1(CN2CC(C)CC(C)C2)CCOCC1. The second-order valence-electron chi connectivity index (χ2n) is 8.28. The Morgan fingerprint density at radius 3 is 2.33 bits per heavy atom. The molecule has 3 heteroatoms. The molecule has 0 aromatic rings. The number of piperidine rings is 1. The molecule has 0 amide bonds. The first kappa shape index (κ1) is 17.2. The second kappa shape index (κ2) is 7.94. The Morgan fingerprint density at radius 1 is 1.14 bits per heavy atom. The standard InChI is InChI=1S/C18H36N2O/c1-15(2)10-19-13-18(5-7-21-8-6-18)14-20-11-16(3)9-17(4)12-20/h15-17,19H,5-14H2,1-4H3. The molecule has 2 fully saturated rings. The Hall–Kier alpha value is -0.120. The zero-order valence-electron chi connectivity index (χ0n) is 14.7. The third-order valence-corrected chi connectivity index (χ3v) is 5.11. The lowest BCUT2D eigenvalue weighted by Gasteiger charge is -2.44. The van der Waals surface area contributed by atoms with Crippen molar-refractivity contribution in [3.63, 3.8) is 0 Å². The molecular weight excluding hydrogens is 260 g/mol. The molecule has 0 bridgehead atoms. The highest BCUT2D eigenvalue weighted by molar-refractivity contribution is 4.89. The van der Waals surface area contributed by atoms with Gasteiger partial charge in [-0.3, -0.25) is 0 Å². The van der Waals surface area contributed by atoms with Gasteiger partial charge in [-0.05, 0) is 49.0 Å². The van der Waals surface area contributed by atoms with Crippen LogP contribution >= 0.6 is 0 Å². The van der Waals surface area contributed by atoms with E-state index in [0.717, 1.165) is 44.1 Å². The van der Waals surface area contributed by atoms with Crippen LogP contribution in [0.1, 0.15) is 47.0 Å². The van der Waals surface area contributed by atoms with Gasteiger partial charge in [0.2, 0.25) is 0 Å². The number of nitrogens with one attached hydrogen (secondary N) is 1. The van der Waals surface area contributed by atoms with Gasteiger partial charge in [0, 0.05) is 39.4 Å². The van der Waals surface area contributed by atoms with Gasteiger partial charge in [0.25, 0.3) is 0 Å². The van der Waals surface area contributed by atoms with Crippen molar-refractivity contribution in [3.05, 3.63) is 0 Å². The van der Waals surface area contributed by atoms with Gasteiger partial charge < -0.3 is 15.0 Å². The quantitative estimate of drug-likeness (QED) is 0.815. The molecule has 2 unspecified atom stereocenters. The van der Waals surface area contributed by atoms with Crippen molar-refractivity contribution < 1.29 is 4.74 Å². The summed E-state index contributed by atoms with van der Waals surface area (Å²) in [4.78, 5) is 2.74. The molecule has 1 N–H and O–H groups in total. The Bertz CT molecular complexity index is 290. The van der Waals surface area contributed by atoms with E-state index < -0.39 is 0 Å². The lowest BCUT2D eigenvalue weighted by Crippen LogP contribution is -2.51. The average molecular weight is 296 g/mol. The van der Waals surface area contributed by atoms with E-state index in [1.807, 2.05) is 0 Å². The van der Waals surface area contributed by atoms with Gasteiger partial charge in [-0.25, -0.2) is 0 Å². The summed E-state index contributed by atoms with van der Waals surface area (Å²) in [6.45, 7) is 17.4. The van der Waals surface area contributed by atoms with Crippen molar-refractivity contribution in [2.24, 2.45) is 23.2 Å². The fourth-order valence-corrected chi connectivity index (χ4v) is 4.22. The summed E-state index contributed by atoms with van der Waals surface area (Å²) in [5.41, 5.74) is 0.434. The zero-order chi connectivity index (χ0) is 15.3. The predicted molar refractivity (Wildman–Crippen MR) is 89.6 cm³/mol. The Labute approximate surface area is 131 Å². The third-order valence-electron chi connectivity index (χ3n) is 5.11. The van der Waals surface area contributed by atoms with E-state index in [2.05, 4.69) is 37.9 Å². The monoisotopic (exact) mass is 296 g/mol. The minimum atomic E-state index is 0.434. The highest BCUT2D eigenvalue weighted by Gasteiger charge is 2.35. The molecular formula is C18H36N2O. The van der Waals surface area contributed by atoms with E-state index in [-0.39, 0.29) is 0 Å². The van der Waals surface area contributed by atoms with Crippen molar-refractivity contribution in [1.29, 1.82) is 0 Å². The average Bonchev–Trinajstić information content (AvgIpc) is 2.37. The molecule has 3 nitrogen and oxygen atoms in total. The van der Waals surface area contributed by atoms with Gasteiger partial charge in [0.05, 0.1) is 0 Å². The first-order chi connectivity index (χ1) is 9.99. The number of likely N-dealkylation sites (tertiary alicyclic amines) is 1. The van der Waals surface area contributed by atoms with E-state index >= 15 is 0 Å².